The van der Waals surface area contributed by atoms with Gasteiger partial charge in [0, 0.05) is 25.7 Å². The van der Waals surface area contributed by atoms with Gasteiger partial charge >= 0.3 is 0 Å². The second-order valence-corrected chi connectivity index (χ2v) is 7.91. The molecule has 1 N–H and O–H groups in total. The van der Waals surface area contributed by atoms with Crippen LogP contribution >= 0.6 is 0 Å². The van der Waals surface area contributed by atoms with Crippen molar-refractivity contribution in [2.24, 2.45) is 0 Å². The van der Waals surface area contributed by atoms with Crippen molar-refractivity contribution in [2.45, 2.75) is 77.3 Å². The van der Waals surface area contributed by atoms with Gasteiger partial charge in [0.1, 0.15) is 6.10 Å². The maximum Gasteiger partial charge on any atom is 0.249 e. The Morgan fingerprint density at radius 3 is 2.81 bits per heavy atom. The van der Waals surface area contributed by atoms with Crippen LogP contribution in [-0.4, -0.2) is 48.8 Å². The van der Waals surface area contributed by atoms with Crippen LogP contribution < -0.4 is 5.32 Å². The molecule has 3 unspecified atom stereocenters. The fraction of sp³-hybridized carbons (Fsp3) is 0.682. The topological polar surface area (TPSA) is 50.8 Å². The highest BCUT2D eigenvalue weighted by molar-refractivity contribution is 5.80. The average Bonchev–Trinajstić information content (AvgIpc) is 3.20. The van der Waals surface area contributed by atoms with Gasteiger partial charge in [-0.2, -0.15) is 0 Å². The van der Waals surface area contributed by atoms with Gasteiger partial charge in [0.2, 0.25) is 5.91 Å². The van der Waals surface area contributed by atoms with E-state index >= 15 is 0 Å². The fourth-order valence-electron chi connectivity index (χ4n) is 3.92. The fourth-order valence-corrected chi connectivity index (χ4v) is 3.92. The maximum atomic E-state index is 12.4. The Kier molecular flexibility index (Phi) is 7.68. The zero-order chi connectivity index (χ0) is 19.1. The zero-order valence-electron chi connectivity index (χ0n) is 16.8. The normalized spacial score (nSPS) is 24.7. The molecule has 1 aromatic carbocycles. The number of likely N-dealkylation sites (tertiary alicyclic amines) is 1. The summed E-state index contributed by atoms with van der Waals surface area (Å²) in [7, 11) is 0. The van der Waals surface area contributed by atoms with Crippen LogP contribution in [0.3, 0.4) is 0 Å². The molecule has 2 fully saturated rings. The zero-order valence-corrected chi connectivity index (χ0v) is 16.8. The maximum absolute atomic E-state index is 12.4. The number of carbonyl (C=O) groups is 1. The molecule has 1 aromatic rings. The highest BCUT2D eigenvalue weighted by atomic mass is 16.5. The third kappa shape index (κ3) is 6.03. The molecule has 5 heteroatoms. The number of amides is 1. The lowest BCUT2D eigenvalue weighted by molar-refractivity contribution is -0.133. The first-order chi connectivity index (χ1) is 13.1. The summed E-state index contributed by atoms with van der Waals surface area (Å²) in [6.07, 6.45) is 5.69. The lowest BCUT2D eigenvalue weighted by Crippen LogP contribution is -2.38. The summed E-state index contributed by atoms with van der Waals surface area (Å²) in [6, 6.07) is 9.06. The van der Waals surface area contributed by atoms with Crippen LogP contribution in [0.4, 0.5) is 0 Å². The summed E-state index contributed by atoms with van der Waals surface area (Å²) in [5, 5.41) is 3.04. The molecule has 2 heterocycles. The van der Waals surface area contributed by atoms with Gasteiger partial charge in [0.25, 0.3) is 0 Å². The second-order valence-electron chi connectivity index (χ2n) is 7.91. The van der Waals surface area contributed by atoms with Crippen molar-refractivity contribution in [2.75, 3.05) is 19.8 Å². The van der Waals surface area contributed by atoms with Crippen LogP contribution in [0, 0.1) is 0 Å². The minimum Gasteiger partial charge on any atom is -0.376 e. The van der Waals surface area contributed by atoms with Crippen molar-refractivity contribution >= 4 is 5.91 Å². The monoisotopic (exact) mass is 374 g/mol. The number of nitrogens with one attached hydrogen (secondary N) is 1. The molecule has 27 heavy (non-hydrogen) atoms. The quantitative estimate of drug-likeness (QED) is 0.759. The lowest BCUT2D eigenvalue weighted by atomic mass is 10.0. The van der Waals surface area contributed by atoms with Crippen LogP contribution in [0.15, 0.2) is 24.3 Å². The van der Waals surface area contributed by atoms with E-state index in [0.717, 1.165) is 32.5 Å². The highest BCUT2D eigenvalue weighted by Gasteiger charge is 2.21. The van der Waals surface area contributed by atoms with Crippen molar-refractivity contribution in [3.63, 3.8) is 0 Å². The van der Waals surface area contributed by atoms with E-state index in [-0.39, 0.29) is 12.0 Å². The molecular weight excluding hydrogens is 340 g/mol. The summed E-state index contributed by atoms with van der Waals surface area (Å²) in [6.45, 7) is 8.10. The number of rotatable bonds is 8. The number of nitrogens with zero attached hydrogens (tertiary/aromatic N) is 1. The summed E-state index contributed by atoms with van der Waals surface area (Å²) in [5.41, 5.74) is 2.49. The Morgan fingerprint density at radius 1 is 1.26 bits per heavy atom. The van der Waals surface area contributed by atoms with Crippen LogP contribution in [0.2, 0.25) is 0 Å². The Morgan fingerprint density at radius 2 is 2.07 bits per heavy atom. The van der Waals surface area contributed by atoms with Crippen LogP contribution in [0.25, 0.3) is 0 Å². The van der Waals surface area contributed by atoms with E-state index in [4.69, 9.17) is 9.47 Å². The second kappa shape index (κ2) is 10.2. The van der Waals surface area contributed by atoms with Gasteiger partial charge in [-0.3, -0.25) is 9.69 Å². The predicted octanol–water partition coefficient (Wildman–Crippen LogP) is 3.26. The van der Waals surface area contributed by atoms with Crippen LogP contribution in [-0.2, 0) is 27.4 Å². The van der Waals surface area contributed by atoms with E-state index in [1.165, 1.54) is 30.4 Å². The van der Waals surface area contributed by atoms with Gasteiger partial charge in [-0.15, -0.1) is 0 Å². The minimum atomic E-state index is -0.455. The standard InChI is InChI=1S/C22H34N2O3/c1-17-8-5-6-12-24(17)15-20-10-4-3-9-19(20)14-23-22(25)18(2)27-16-21-11-7-13-26-21/h3-4,9-10,17-18,21H,5-8,11-16H2,1-2H3,(H,23,25). The molecule has 0 aliphatic carbocycles. The van der Waals surface area contributed by atoms with Gasteiger partial charge in [-0.25, -0.2) is 0 Å². The smallest absolute Gasteiger partial charge is 0.249 e. The van der Waals surface area contributed by atoms with E-state index in [2.05, 4.69) is 35.3 Å². The highest BCUT2D eigenvalue weighted by Crippen LogP contribution is 2.21. The van der Waals surface area contributed by atoms with E-state index in [1.54, 1.807) is 0 Å². The molecule has 2 aliphatic heterocycles. The summed E-state index contributed by atoms with van der Waals surface area (Å²) >= 11 is 0. The molecule has 0 aromatic heterocycles. The van der Waals surface area contributed by atoms with Crippen molar-refractivity contribution in [1.82, 2.24) is 10.2 Å². The number of hydrogen-bond acceptors (Lipinski definition) is 4. The number of piperidine rings is 1. The molecule has 1 amide bonds. The number of carbonyl (C=O) groups excluding carboxylic acids is 1. The molecule has 3 atom stereocenters. The van der Waals surface area contributed by atoms with Crippen molar-refractivity contribution in [3.8, 4) is 0 Å². The largest absolute Gasteiger partial charge is 0.376 e. The molecule has 5 nitrogen and oxygen atoms in total. The first kappa shape index (κ1) is 20.3. The van der Waals surface area contributed by atoms with E-state index in [9.17, 15) is 4.79 Å². The average molecular weight is 375 g/mol. The molecular formula is C22H34N2O3. The first-order valence-electron chi connectivity index (χ1n) is 10.4. The summed E-state index contributed by atoms with van der Waals surface area (Å²) < 4.78 is 11.2. The molecule has 150 valence electrons. The van der Waals surface area contributed by atoms with E-state index in [1.807, 2.05) is 13.0 Å². The molecule has 0 bridgehead atoms. The molecule has 2 saturated heterocycles. The van der Waals surface area contributed by atoms with E-state index in [0.29, 0.717) is 19.2 Å². The molecule has 0 saturated carbocycles. The van der Waals surface area contributed by atoms with Gasteiger partial charge in [0.05, 0.1) is 12.7 Å². The third-order valence-electron chi connectivity index (χ3n) is 5.81. The van der Waals surface area contributed by atoms with Gasteiger partial charge < -0.3 is 14.8 Å². The third-order valence-corrected chi connectivity index (χ3v) is 5.81. The first-order valence-corrected chi connectivity index (χ1v) is 10.4. The Hall–Kier alpha value is -1.43. The SMILES string of the molecule is CC(OCC1CCCO1)C(=O)NCc1ccccc1CN1CCCCC1C. The minimum absolute atomic E-state index is 0.0610. The van der Waals surface area contributed by atoms with Crippen molar-refractivity contribution in [3.05, 3.63) is 35.4 Å². The lowest BCUT2D eigenvalue weighted by Gasteiger charge is -2.33. The number of ether oxygens (including phenoxy) is 2. The Labute approximate surface area is 163 Å². The van der Waals surface area contributed by atoms with Gasteiger partial charge in [-0.05, 0) is 57.2 Å². The number of hydrogen-bond donors (Lipinski definition) is 1. The molecule has 0 radical (unpaired) electrons. The van der Waals surface area contributed by atoms with Gasteiger partial charge in [0.15, 0.2) is 0 Å². The number of benzene rings is 1. The van der Waals surface area contributed by atoms with E-state index < -0.39 is 6.10 Å². The van der Waals surface area contributed by atoms with Crippen molar-refractivity contribution in [1.29, 1.82) is 0 Å². The molecule has 2 aliphatic rings. The Bertz CT molecular complexity index is 601. The molecule has 0 spiro atoms. The van der Waals surface area contributed by atoms with Crippen LogP contribution in [0.5, 0.6) is 0 Å². The Balaban J connectivity index is 1.48. The van der Waals surface area contributed by atoms with Crippen molar-refractivity contribution < 1.29 is 14.3 Å². The molecule has 3 rings (SSSR count). The summed E-state index contributed by atoms with van der Waals surface area (Å²) in [5.74, 6) is -0.0610. The van der Waals surface area contributed by atoms with Crippen LogP contribution in [0.1, 0.15) is 57.1 Å². The van der Waals surface area contributed by atoms with Gasteiger partial charge in [-0.1, -0.05) is 30.7 Å². The summed E-state index contributed by atoms with van der Waals surface area (Å²) in [4.78, 5) is 14.9. The predicted molar refractivity (Wildman–Crippen MR) is 106 cm³/mol.